The highest BCUT2D eigenvalue weighted by atomic mass is 35.5. The molecule has 0 aliphatic heterocycles. The van der Waals surface area contributed by atoms with Crippen molar-refractivity contribution >= 4 is 17.6 Å². The van der Waals surface area contributed by atoms with E-state index in [0.29, 0.717) is 0 Å². The molecule has 2 rings (SSSR count). The summed E-state index contributed by atoms with van der Waals surface area (Å²) < 4.78 is 26.4. The molecule has 140 valence electrons. The Morgan fingerprint density at radius 1 is 1.33 bits per heavy atom. The number of halogens is 2. The Morgan fingerprint density at radius 2 is 1.96 bits per heavy atom. The fraction of sp³-hybridized carbons (Fsp3) is 0.294. The molecule has 0 bridgehead atoms. The van der Waals surface area contributed by atoms with Crippen LogP contribution in [0.4, 0.5) is 4.39 Å². The summed E-state index contributed by atoms with van der Waals surface area (Å²) in [6, 6.07) is 5.41. The van der Waals surface area contributed by atoms with E-state index in [1.807, 2.05) is 0 Å². The number of esters is 1. The second-order valence-corrected chi connectivity index (χ2v) is 5.75. The smallest absolute Gasteiger partial charge is 0.347 e. The van der Waals surface area contributed by atoms with E-state index in [4.69, 9.17) is 26.3 Å². The molecule has 1 atom stereocenters. The van der Waals surface area contributed by atoms with E-state index in [0.717, 1.165) is 21.3 Å². The van der Waals surface area contributed by atoms with Crippen molar-refractivity contribution in [3.8, 4) is 23.6 Å². The van der Waals surface area contributed by atoms with E-state index >= 15 is 0 Å². The van der Waals surface area contributed by atoms with Gasteiger partial charge in [0.2, 0.25) is 0 Å². The van der Waals surface area contributed by atoms with Crippen LogP contribution in [-0.2, 0) is 16.6 Å². The fourth-order valence-corrected chi connectivity index (χ4v) is 2.53. The number of aromatic nitrogens is 2. The number of rotatable bonds is 5. The molecule has 0 radical (unpaired) electrons. The molecule has 0 aliphatic carbocycles. The SMILES string of the molecule is CCOC(=O)C(C)Oc1cc(-n2c(C#N)c(C#N)n(C)c2=O)c(F)cc1Cl. The van der Waals surface area contributed by atoms with Crippen LogP contribution in [0.15, 0.2) is 16.9 Å². The molecule has 1 aromatic carbocycles. The van der Waals surface area contributed by atoms with Crippen LogP contribution in [0.1, 0.15) is 25.2 Å². The molecule has 0 aliphatic rings. The lowest BCUT2D eigenvalue weighted by Gasteiger charge is -2.16. The van der Waals surface area contributed by atoms with Crippen molar-refractivity contribution in [2.45, 2.75) is 20.0 Å². The Morgan fingerprint density at radius 3 is 2.52 bits per heavy atom. The van der Waals surface area contributed by atoms with Gasteiger partial charge in [-0.05, 0) is 19.9 Å². The third-order valence-electron chi connectivity index (χ3n) is 3.64. The normalized spacial score (nSPS) is 11.4. The van der Waals surface area contributed by atoms with Crippen LogP contribution in [-0.4, -0.2) is 27.8 Å². The Balaban J connectivity index is 2.62. The van der Waals surface area contributed by atoms with Gasteiger partial charge in [-0.1, -0.05) is 11.6 Å². The number of hydrogen-bond acceptors (Lipinski definition) is 6. The van der Waals surface area contributed by atoms with Gasteiger partial charge in [0, 0.05) is 13.1 Å². The lowest BCUT2D eigenvalue weighted by atomic mass is 10.2. The van der Waals surface area contributed by atoms with Gasteiger partial charge in [-0.25, -0.2) is 18.5 Å². The first kappa shape index (κ1) is 20.0. The summed E-state index contributed by atoms with van der Waals surface area (Å²) >= 11 is 5.96. The van der Waals surface area contributed by atoms with Crippen molar-refractivity contribution in [3.63, 3.8) is 0 Å². The number of hydrogen-bond donors (Lipinski definition) is 0. The first-order valence-corrected chi connectivity index (χ1v) is 8.09. The predicted molar refractivity (Wildman–Crippen MR) is 92.1 cm³/mol. The van der Waals surface area contributed by atoms with Crippen molar-refractivity contribution in [2.24, 2.45) is 7.05 Å². The number of imidazole rings is 1. The molecule has 0 amide bonds. The maximum atomic E-state index is 14.5. The Kier molecular flexibility index (Phi) is 5.88. The summed E-state index contributed by atoms with van der Waals surface area (Å²) in [6.07, 6.45) is -1.04. The molecule has 0 fully saturated rings. The zero-order chi connectivity index (χ0) is 20.3. The van der Waals surface area contributed by atoms with Gasteiger partial charge in [0.05, 0.1) is 17.3 Å². The van der Waals surface area contributed by atoms with Gasteiger partial charge < -0.3 is 9.47 Å². The number of benzene rings is 1. The number of carbonyl (C=O) groups excluding carboxylic acids is 1. The summed E-state index contributed by atoms with van der Waals surface area (Å²) in [5.74, 6) is -1.66. The number of nitriles is 2. The lowest BCUT2D eigenvalue weighted by molar-refractivity contribution is -0.150. The van der Waals surface area contributed by atoms with E-state index in [9.17, 15) is 19.2 Å². The quantitative estimate of drug-likeness (QED) is 0.720. The monoisotopic (exact) mass is 392 g/mol. The van der Waals surface area contributed by atoms with E-state index in [1.165, 1.54) is 14.0 Å². The maximum Gasteiger partial charge on any atom is 0.347 e. The van der Waals surface area contributed by atoms with Crippen LogP contribution >= 0.6 is 11.6 Å². The van der Waals surface area contributed by atoms with Crippen LogP contribution in [0.2, 0.25) is 5.02 Å². The minimum atomic E-state index is -1.04. The molecule has 10 heteroatoms. The summed E-state index contributed by atoms with van der Waals surface area (Å²) in [6.45, 7) is 3.20. The van der Waals surface area contributed by atoms with Gasteiger partial charge in [-0.3, -0.25) is 4.57 Å². The molecule has 0 saturated heterocycles. The minimum Gasteiger partial charge on any atom is -0.477 e. The third kappa shape index (κ3) is 3.64. The van der Waals surface area contributed by atoms with Crippen LogP contribution in [0, 0.1) is 28.5 Å². The summed E-state index contributed by atoms with van der Waals surface area (Å²) in [5.41, 5.74) is -1.70. The van der Waals surface area contributed by atoms with Crippen molar-refractivity contribution in [3.05, 3.63) is 44.8 Å². The van der Waals surface area contributed by atoms with Crippen LogP contribution in [0.3, 0.4) is 0 Å². The molecule has 0 spiro atoms. The molecule has 1 unspecified atom stereocenters. The van der Waals surface area contributed by atoms with E-state index < -0.39 is 23.6 Å². The Labute approximate surface area is 158 Å². The van der Waals surface area contributed by atoms with Gasteiger partial charge in [0.1, 0.15) is 23.7 Å². The molecule has 0 N–H and O–H groups in total. The van der Waals surface area contributed by atoms with Crippen molar-refractivity contribution in [2.75, 3.05) is 6.61 Å². The molecule has 1 heterocycles. The summed E-state index contributed by atoms with van der Waals surface area (Å²) in [4.78, 5) is 24.1. The molecular formula is C17H14ClFN4O4. The average molecular weight is 393 g/mol. The van der Waals surface area contributed by atoms with Crippen LogP contribution < -0.4 is 10.4 Å². The van der Waals surface area contributed by atoms with Gasteiger partial charge in [0.25, 0.3) is 0 Å². The molecule has 27 heavy (non-hydrogen) atoms. The van der Waals surface area contributed by atoms with Crippen LogP contribution in [0.25, 0.3) is 5.69 Å². The van der Waals surface area contributed by atoms with Crippen molar-refractivity contribution in [1.82, 2.24) is 9.13 Å². The topological polar surface area (TPSA) is 110 Å². The van der Waals surface area contributed by atoms with E-state index in [2.05, 4.69) is 0 Å². The van der Waals surface area contributed by atoms with Crippen molar-refractivity contribution in [1.29, 1.82) is 10.5 Å². The van der Waals surface area contributed by atoms with Crippen molar-refractivity contribution < 1.29 is 18.7 Å². The highest BCUT2D eigenvalue weighted by Gasteiger charge is 2.24. The van der Waals surface area contributed by atoms with Gasteiger partial charge in [0.15, 0.2) is 17.5 Å². The average Bonchev–Trinajstić information content (AvgIpc) is 2.87. The van der Waals surface area contributed by atoms with Gasteiger partial charge in [-0.2, -0.15) is 10.5 Å². The molecule has 2 aromatic rings. The van der Waals surface area contributed by atoms with Gasteiger partial charge >= 0.3 is 11.7 Å². The number of ether oxygens (including phenoxy) is 2. The van der Waals surface area contributed by atoms with E-state index in [-0.39, 0.29) is 34.5 Å². The molecule has 0 saturated carbocycles. The molecular weight excluding hydrogens is 379 g/mol. The fourth-order valence-electron chi connectivity index (χ4n) is 2.34. The number of carbonyl (C=O) groups is 1. The van der Waals surface area contributed by atoms with E-state index in [1.54, 1.807) is 19.1 Å². The highest BCUT2D eigenvalue weighted by Crippen LogP contribution is 2.31. The molecule has 1 aromatic heterocycles. The lowest BCUT2D eigenvalue weighted by Crippen LogP contribution is -2.26. The van der Waals surface area contributed by atoms with Crippen LogP contribution in [0.5, 0.6) is 5.75 Å². The predicted octanol–water partition coefficient (Wildman–Crippen LogP) is 2.04. The zero-order valence-corrected chi connectivity index (χ0v) is 15.4. The highest BCUT2D eigenvalue weighted by molar-refractivity contribution is 6.32. The standard InChI is InChI=1S/C17H14ClFN4O4/c1-4-26-16(24)9(2)27-15-6-12(11(19)5-10(15)18)23-14(8-21)13(7-20)22(3)17(23)25/h5-6,9H,4H2,1-3H3. The minimum absolute atomic E-state index is 0.0910. The second kappa shape index (κ2) is 7.94. The van der Waals surface area contributed by atoms with Gasteiger partial charge in [-0.15, -0.1) is 0 Å². The Bertz CT molecular complexity index is 1050. The largest absolute Gasteiger partial charge is 0.477 e. The molecule has 8 nitrogen and oxygen atoms in total. The first-order valence-electron chi connectivity index (χ1n) is 7.71. The summed E-state index contributed by atoms with van der Waals surface area (Å²) in [7, 11) is 1.28. The summed E-state index contributed by atoms with van der Waals surface area (Å²) in [5, 5.41) is 18.3. The maximum absolute atomic E-state index is 14.5. The second-order valence-electron chi connectivity index (χ2n) is 5.34. The third-order valence-corrected chi connectivity index (χ3v) is 3.93. The zero-order valence-electron chi connectivity index (χ0n) is 14.6. The Hall–Kier alpha value is -3.30. The number of nitrogens with zero attached hydrogens (tertiary/aromatic N) is 4. The first-order chi connectivity index (χ1) is 12.8.